The molecule has 0 unspecified atom stereocenters. The zero-order chi connectivity index (χ0) is 17.5. The van der Waals surface area contributed by atoms with Crippen LogP contribution in [0.25, 0.3) is 10.9 Å². The van der Waals surface area contributed by atoms with Crippen LogP contribution in [0.3, 0.4) is 0 Å². The quantitative estimate of drug-likeness (QED) is 0.798. The third-order valence-electron chi connectivity index (χ3n) is 4.77. The standard InChI is InChI=1S/C18H21N3O3/c1-10-4-5-14-13(8-10)15(11(2)12(3)20-14)16(22)21-18(17(23)24)6-7-19-9-18/h4-5,8,19H,6-7,9H2,1-3H3,(H,21,22)(H,23,24)/t18-/m1/s1. The summed E-state index contributed by atoms with van der Waals surface area (Å²) >= 11 is 0. The van der Waals surface area contributed by atoms with Crippen molar-refractivity contribution in [1.29, 1.82) is 0 Å². The number of amides is 1. The zero-order valence-corrected chi connectivity index (χ0v) is 14.1. The maximum atomic E-state index is 13.0. The molecule has 1 fully saturated rings. The Kier molecular flexibility index (Phi) is 4.01. The monoisotopic (exact) mass is 327 g/mol. The molecule has 1 aliphatic rings. The van der Waals surface area contributed by atoms with E-state index in [-0.39, 0.29) is 12.5 Å². The first kappa shape index (κ1) is 16.4. The summed E-state index contributed by atoms with van der Waals surface area (Å²) in [5.41, 5.74) is 2.56. The van der Waals surface area contributed by atoms with Gasteiger partial charge in [-0.3, -0.25) is 9.78 Å². The van der Waals surface area contributed by atoms with E-state index in [4.69, 9.17) is 0 Å². The molecule has 0 aliphatic carbocycles. The molecule has 1 atom stereocenters. The van der Waals surface area contributed by atoms with E-state index in [0.29, 0.717) is 18.5 Å². The first-order valence-corrected chi connectivity index (χ1v) is 7.98. The molecule has 24 heavy (non-hydrogen) atoms. The fourth-order valence-electron chi connectivity index (χ4n) is 3.20. The lowest BCUT2D eigenvalue weighted by molar-refractivity contribution is -0.143. The van der Waals surface area contributed by atoms with Gasteiger partial charge in [-0.25, -0.2) is 4.79 Å². The van der Waals surface area contributed by atoms with Crippen LogP contribution >= 0.6 is 0 Å². The fraction of sp³-hybridized carbons (Fsp3) is 0.389. The molecule has 0 saturated carbocycles. The number of benzene rings is 1. The van der Waals surface area contributed by atoms with Crippen LogP contribution in [0.1, 0.15) is 33.6 Å². The normalized spacial score (nSPS) is 20.3. The van der Waals surface area contributed by atoms with Crippen molar-refractivity contribution in [2.24, 2.45) is 0 Å². The second kappa shape index (κ2) is 5.87. The van der Waals surface area contributed by atoms with Crippen LogP contribution in [-0.4, -0.2) is 40.6 Å². The number of aromatic nitrogens is 1. The van der Waals surface area contributed by atoms with E-state index in [9.17, 15) is 14.7 Å². The lowest BCUT2D eigenvalue weighted by Crippen LogP contribution is -2.56. The molecule has 3 N–H and O–H groups in total. The number of hydrogen-bond donors (Lipinski definition) is 3. The van der Waals surface area contributed by atoms with E-state index in [1.807, 2.05) is 39.0 Å². The number of carbonyl (C=O) groups is 2. The highest BCUT2D eigenvalue weighted by Crippen LogP contribution is 2.25. The molecule has 0 bridgehead atoms. The summed E-state index contributed by atoms with van der Waals surface area (Å²) < 4.78 is 0. The Morgan fingerprint density at radius 2 is 2.04 bits per heavy atom. The number of pyridine rings is 1. The van der Waals surface area contributed by atoms with Crippen LogP contribution in [0, 0.1) is 20.8 Å². The summed E-state index contributed by atoms with van der Waals surface area (Å²) in [6.07, 6.45) is 0.369. The van der Waals surface area contributed by atoms with Crippen molar-refractivity contribution in [3.05, 3.63) is 40.6 Å². The summed E-state index contributed by atoms with van der Waals surface area (Å²) in [5.74, 6) is -1.37. The molecule has 1 saturated heterocycles. The maximum Gasteiger partial charge on any atom is 0.330 e. The van der Waals surface area contributed by atoms with Crippen LogP contribution in [0.2, 0.25) is 0 Å². The Morgan fingerprint density at radius 3 is 2.67 bits per heavy atom. The van der Waals surface area contributed by atoms with Gasteiger partial charge in [0, 0.05) is 17.6 Å². The number of nitrogens with zero attached hydrogens (tertiary/aromatic N) is 1. The van der Waals surface area contributed by atoms with Crippen molar-refractivity contribution in [3.63, 3.8) is 0 Å². The van der Waals surface area contributed by atoms with Gasteiger partial charge < -0.3 is 15.7 Å². The number of fused-ring (bicyclic) bond motifs is 1. The molecule has 1 amide bonds. The third kappa shape index (κ3) is 2.63. The Labute approximate surface area is 140 Å². The van der Waals surface area contributed by atoms with Crippen LogP contribution in [0.5, 0.6) is 0 Å². The minimum Gasteiger partial charge on any atom is -0.479 e. The van der Waals surface area contributed by atoms with E-state index in [2.05, 4.69) is 15.6 Å². The molecule has 0 radical (unpaired) electrons. The number of carboxylic acids is 1. The molecule has 3 rings (SSSR count). The fourth-order valence-corrected chi connectivity index (χ4v) is 3.20. The average molecular weight is 327 g/mol. The van der Waals surface area contributed by atoms with Gasteiger partial charge in [0.2, 0.25) is 0 Å². The molecule has 6 nitrogen and oxygen atoms in total. The van der Waals surface area contributed by atoms with Crippen LogP contribution in [-0.2, 0) is 4.79 Å². The summed E-state index contributed by atoms with van der Waals surface area (Å²) in [4.78, 5) is 29.2. The number of aryl methyl sites for hydroxylation is 2. The minimum absolute atomic E-state index is 0.230. The van der Waals surface area contributed by atoms with Crippen LogP contribution < -0.4 is 10.6 Å². The summed E-state index contributed by atoms with van der Waals surface area (Å²) in [6.45, 7) is 6.46. The third-order valence-corrected chi connectivity index (χ3v) is 4.77. The number of aliphatic carboxylic acids is 1. The van der Waals surface area contributed by atoms with Gasteiger partial charge in [0.25, 0.3) is 5.91 Å². The van der Waals surface area contributed by atoms with E-state index < -0.39 is 11.5 Å². The van der Waals surface area contributed by atoms with E-state index >= 15 is 0 Å². The number of hydrogen-bond acceptors (Lipinski definition) is 4. The molecule has 1 aromatic heterocycles. The second-order valence-electron chi connectivity index (χ2n) is 6.49. The van der Waals surface area contributed by atoms with Gasteiger partial charge in [0.05, 0.1) is 11.1 Å². The van der Waals surface area contributed by atoms with E-state index in [1.54, 1.807) is 0 Å². The first-order chi connectivity index (χ1) is 11.3. The highest BCUT2D eigenvalue weighted by molar-refractivity contribution is 6.09. The Balaban J connectivity index is 2.11. The molecular formula is C18H21N3O3. The lowest BCUT2D eigenvalue weighted by Gasteiger charge is -2.25. The maximum absolute atomic E-state index is 13.0. The predicted molar refractivity (Wildman–Crippen MR) is 91.3 cm³/mol. The van der Waals surface area contributed by atoms with Crippen molar-refractivity contribution < 1.29 is 14.7 Å². The van der Waals surface area contributed by atoms with Gasteiger partial charge in [0.15, 0.2) is 5.54 Å². The van der Waals surface area contributed by atoms with Gasteiger partial charge in [-0.05, 0) is 51.4 Å². The molecule has 126 valence electrons. The topological polar surface area (TPSA) is 91.3 Å². The molecule has 0 spiro atoms. The predicted octanol–water partition coefficient (Wildman–Crippen LogP) is 1.71. The molecule has 2 aromatic rings. The molecular weight excluding hydrogens is 306 g/mol. The van der Waals surface area contributed by atoms with Gasteiger partial charge in [0.1, 0.15) is 0 Å². The van der Waals surface area contributed by atoms with Crippen molar-refractivity contribution in [3.8, 4) is 0 Å². The van der Waals surface area contributed by atoms with E-state index in [0.717, 1.165) is 27.7 Å². The Morgan fingerprint density at radius 1 is 1.29 bits per heavy atom. The second-order valence-corrected chi connectivity index (χ2v) is 6.49. The number of rotatable bonds is 3. The number of nitrogens with one attached hydrogen (secondary N) is 2. The van der Waals surface area contributed by atoms with Gasteiger partial charge in [-0.15, -0.1) is 0 Å². The Hall–Kier alpha value is -2.47. The minimum atomic E-state index is -1.25. The van der Waals surface area contributed by atoms with Gasteiger partial charge in [-0.2, -0.15) is 0 Å². The molecule has 6 heteroatoms. The Bertz CT molecular complexity index is 839. The van der Waals surface area contributed by atoms with Crippen molar-refractivity contribution in [2.75, 3.05) is 13.1 Å². The van der Waals surface area contributed by atoms with Crippen molar-refractivity contribution >= 4 is 22.8 Å². The van der Waals surface area contributed by atoms with Crippen molar-refractivity contribution in [2.45, 2.75) is 32.7 Å². The zero-order valence-electron chi connectivity index (χ0n) is 14.1. The largest absolute Gasteiger partial charge is 0.479 e. The van der Waals surface area contributed by atoms with Gasteiger partial charge in [-0.1, -0.05) is 11.6 Å². The van der Waals surface area contributed by atoms with E-state index in [1.165, 1.54) is 0 Å². The van der Waals surface area contributed by atoms with Crippen LogP contribution in [0.15, 0.2) is 18.2 Å². The summed E-state index contributed by atoms with van der Waals surface area (Å²) in [6, 6.07) is 5.76. The van der Waals surface area contributed by atoms with Crippen LogP contribution in [0.4, 0.5) is 0 Å². The first-order valence-electron chi connectivity index (χ1n) is 7.98. The number of carboxylic acid groups (broad SMARTS) is 1. The smallest absolute Gasteiger partial charge is 0.330 e. The highest BCUT2D eigenvalue weighted by atomic mass is 16.4. The molecule has 2 heterocycles. The average Bonchev–Trinajstić information content (AvgIpc) is 2.99. The highest BCUT2D eigenvalue weighted by Gasteiger charge is 2.43. The SMILES string of the molecule is Cc1ccc2nc(C)c(C)c(C(=O)N[C@]3(C(=O)O)CCNC3)c2c1. The molecule has 1 aromatic carbocycles. The number of carbonyl (C=O) groups excluding carboxylic acids is 1. The molecule has 1 aliphatic heterocycles. The lowest BCUT2D eigenvalue weighted by atomic mass is 9.95. The van der Waals surface area contributed by atoms with Crippen molar-refractivity contribution in [1.82, 2.24) is 15.6 Å². The summed E-state index contributed by atoms with van der Waals surface area (Å²) in [7, 11) is 0. The summed E-state index contributed by atoms with van der Waals surface area (Å²) in [5, 5.41) is 16.1. The van der Waals surface area contributed by atoms with Gasteiger partial charge >= 0.3 is 5.97 Å².